The molecule has 0 aliphatic carbocycles. The van der Waals surface area contributed by atoms with E-state index in [4.69, 9.17) is 4.74 Å². The van der Waals surface area contributed by atoms with E-state index in [1.807, 2.05) is 18.2 Å². The number of fused-ring (bicyclic) bond motifs is 1. The number of imidazole rings is 1. The summed E-state index contributed by atoms with van der Waals surface area (Å²) in [7, 11) is 0. The Morgan fingerprint density at radius 1 is 1.26 bits per heavy atom. The van der Waals surface area contributed by atoms with E-state index >= 15 is 0 Å². The average Bonchev–Trinajstić information content (AvgIpc) is 3.26. The topological polar surface area (TPSA) is 105 Å². The third-order valence-electron chi connectivity index (χ3n) is 4.82. The minimum absolute atomic E-state index is 0.166. The van der Waals surface area contributed by atoms with Gasteiger partial charge in [0.25, 0.3) is 0 Å². The lowest BCUT2D eigenvalue weighted by molar-refractivity contribution is -0.0432. The van der Waals surface area contributed by atoms with Crippen molar-refractivity contribution in [2.45, 2.75) is 44.2 Å². The summed E-state index contributed by atoms with van der Waals surface area (Å²) in [6, 6.07) is 10.4. The van der Waals surface area contributed by atoms with Crippen molar-refractivity contribution in [3.8, 4) is 0 Å². The van der Waals surface area contributed by atoms with Crippen molar-refractivity contribution in [1.82, 2.24) is 19.5 Å². The van der Waals surface area contributed by atoms with Crippen LogP contribution in [0.15, 0.2) is 43.0 Å². The first-order valence-corrected chi connectivity index (χ1v) is 9.08. The fraction of sp³-hybridized carbons (Fsp3) is 0.421. The Morgan fingerprint density at radius 2 is 2.07 bits per heavy atom. The first kappa shape index (κ1) is 17.8. The quantitative estimate of drug-likeness (QED) is 0.605. The first-order chi connectivity index (χ1) is 13.2. The number of hydrogen-bond acceptors (Lipinski definition) is 7. The highest BCUT2D eigenvalue weighted by Crippen LogP contribution is 2.31. The Bertz CT molecular complexity index is 901. The van der Waals surface area contributed by atoms with Crippen LogP contribution in [-0.2, 0) is 11.2 Å². The molecule has 3 N–H and O–H groups in total. The average molecular weight is 369 g/mol. The molecule has 0 unspecified atom stereocenters. The van der Waals surface area contributed by atoms with Crippen molar-refractivity contribution >= 4 is 17.0 Å². The molecule has 1 saturated heterocycles. The van der Waals surface area contributed by atoms with Crippen LogP contribution < -0.4 is 5.32 Å². The van der Waals surface area contributed by atoms with Crippen LogP contribution in [-0.4, -0.2) is 54.6 Å². The van der Waals surface area contributed by atoms with Gasteiger partial charge >= 0.3 is 0 Å². The van der Waals surface area contributed by atoms with Gasteiger partial charge in [-0.2, -0.15) is 0 Å². The first-order valence-electron chi connectivity index (χ1n) is 9.08. The number of nitrogens with zero attached hydrogens (tertiary/aromatic N) is 4. The van der Waals surface area contributed by atoms with E-state index in [9.17, 15) is 10.2 Å². The molecule has 8 heteroatoms. The van der Waals surface area contributed by atoms with E-state index in [0.29, 0.717) is 23.4 Å². The van der Waals surface area contributed by atoms with Crippen LogP contribution in [0.2, 0.25) is 0 Å². The van der Waals surface area contributed by atoms with E-state index in [2.05, 4.69) is 39.3 Å². The summed E-state index contributed by atoms with van der Waals surface area (Å²) in [6.07, 6.45) is 2.68. The van der Waals surface area contributed by atoms with E-state index in [1.54, 1.807) is 10.9 Å². The number of hydrogen-bond donors (Lipinski definition) is 3. The van der Waals surface area contributed by atoms with Gasteiger partial charge in [0.1, 0.15) is 18.7 Å². The number of aromatic nitrogens is 4. The number of ether oxygens (including phenoxy) is 1. The molecule has 142 valence electrons. The van der Waals surface area contributed by atoms with Gasteiger partial charge in [0.2, 0.25) is 0 Å². The molecule has 3 heterocycles. The second-order valence-corrected chi connectivity index (χ2v) is 6.90. The number of anilines is 1. The third kappa shape index (κ3) is 3.64. The standard InChI is InChI=1S/C19H23N5O3/c1-12(7-13-5-3-2-4-6-13)23-18-17-19(21-10-20-18)24(11-22-17)16-8-14(26)15(9-25)27-16/h2-6,10-12,14-16,25-26H,7-9H2,1H3,(H,20,21,23)/t12-,14+,15-,16-/m1/s1. The molecule has 2 aromatic heterocycles. The number of nitrogens with one attached hydrogen (secondary N) is 1. The third-order valence-corrected chi connectivity index (χ3v) is 4.82. The number of aliphatic hydroxyl groups excluding tert-OH is 2. The molecule has 4 rings (SSSR count). The number of aliphatic hydroxyl groups is 2. The van der Waals surface area contributed by atoms with Crippen LogP contribution in [0, 0.1) is 0 Å². The van der Waals surface area contributed by atoms with E-state index in [0.717, 1.165) is 6.42 Å². The molecule has 8 nitrogen and oxygen atoms in total. The van der Waals surface area contributed by atoms with Crippen molar-refractivity contribution in [2.24, 2.45) is 0 Å². The summed E-state index contributed by atoms with van der Waals surface area (Å²) >= 11 is 0. The molecule has 1 aliphatic heterocycles. The predicted molar refractivity (Wildman–Crippen MR) is 100 cm³/mol. The zero-order valence-electron chi connectivity index (χ0n) is 15.1. The predicted octanol–water partition coefficient (Wildman–Crippen LogP) is 1.51. The van der Waals surface area contributed by atoms with Gasteiger partial charge in [-0.25, -0.2) is 15.0 Å². The molecule has 27 heavy (non-hydrogen) atoms. The second kappa shape index (κ2) is 7.59. The van der Waals surface area contributed by atoms with Crippen LogP contribution in [0.1, 0.15) is 25.1 Å². The normalized spacial score (nSPS) is 23.6. The molecule has 4 atom stereocenters. The maximum atomic E-state index is 9.98. The summed E-state index contributed by atoms with van der Waals surface area (Å²) in [5.41, 5.74) is 2.54. The van der Waals surface area contributed by atoms with Gasteiger partial charge in [0, 0.05) is 12.5 Å². The summed E-state index contributed by atoms with van der Waals surface area (Å²) in [4.78, 5) is 13.1. The number of benzene rings is 1. The molecule has 1 fully saturated rings. The molecule has 0 spiro atoms. The van der Waals surface area contributed by atoms with Crippen LogP contribution in [0.3, 0.4) is 0 Å². The van der Waals surface area contributed by atoms with Gasteiger partial charge in [-0.05, 0) is 18.9 Å². The smallest absolute Gasteiger partial charge is 0.167 e. The van der Waals surface area contributed by atoms with Crippen molar-refractivity contribution in [1.29, 1.82) is 0 Å². The van der Waals surface area contributed by atoms with Crippen molar-refractivity contribution in [2.75, 3.05) is 11.9 Å². The fourth-order valence-electron chi connectivity index (χ4n) is 3.47. The summed E-state index contributed by atoms with van der Waals surface area (Å²) in [5.74, 6) is 0.666. The van der Waals surface area contributed by atoms with Crippen LogP contribution in [0.4, 0.5) is 5.82 Å². The highest BCUT2D eigenvalue weighted by molar-refractivity contribution is 5.82. The lowest BCUT2D eigenvalue weighted by Crippen LogP contribution is -2.24. The molecule has 0 amide bonds. The van der Waals surface area contributed by atoms with E-state index in [1.165, 1.54) is 11.9 Å². The Hall–Kier alpha value is -2.55. The van der Waals surface area contributed by atoms with Gasteiger partial charge in [-0.3, -0.25) is 4.57 Å². The largest absolute Gasteiger partial charge is 0.394 e. The van der Waals surface area contributed by atoms with Gasteiger partial charge in [0.15, 0.2) is 17.0 Å². The summed E-state index contributed by atoms with van der Waals surface area (Å²) < 4.78 is 7.50. The Balaban J connectivity index is 1.54. The maximum absolute atomic E-state index is 9.98. The molecule has 0 bridgehead atoms. The lowest BCUT2D eigenvalue weighted by Gasteiger charge is -2.15. The lowest BCUT2D eigenvalue weighted by atomic mass is 10.1. The minimum atomic E-state index is -0.706. The van der Waals surface area contributed by atoms with E-state index in [-0.39, 0.29) is 12.6 Å². The van der Waals surface area contributed by atoms with Crippen LogP contribution >= 0.6 is 0 Å². The Kier molecular flexibility index (Phi) is 5.02. The van der Waals surface area contributed by atoms with Crippen molar-refractivity contribution < 1.29 is 14.9 Å². The van der Waals surface area contributed by atoms with Crippen molar-refractivity contribution in [3.63, 3.8) is 0 Å². The van der Waals surface area contributed by atoms with Gasteiger partial charge < -0.3 is 20.3 Å². The zero-order chi connectivity index (χ0) is 18.8. The molecule has 3 aromatic rings. The molecule has 1 aromatic carbocycles. The maximum Gasteiger partial charge on any atom is 0.167 e. The van der Waals surface area contributed by atoms with Gasteiger partial charge in [-0.1, -0.05) is 30.3 Å². The van der Waals surface area contributed by atoms with Crippen LogP contribution in [0.5, 0.6) is 0 Å². The van der Waals surface area contributed by atoms with Crippen LogP contribution in [0.25, 0.3) is 11.2 Å². The highest BCUT2D eigenvalue weighted by atomic mass is 16.5. The highest BCUT2D eigenvalue weighted by Gasteiger charge is 2.35. The molecule has 1 aliphatic rings. The number of rotatable bonds is 6. The Morgan fingerprint density at radius 3 is 2.81 bits per heavy atom. The Labute approximate surface area is 156 Å². The minimum Gasteiger partial charge on any atom is -0.394 e. The van der Waals surface area contributed by atoms with E-state index < -0.39 is 18.4 Å². The molecule has 0 radical (unpaired) electrons. The summed E-state index contributed by atoms with van der Waals surface area (Å²) in [5, 5.41) is 22.7. The summed E-state index contributed by atoms with van der Waals surface area (Å²) in [6.45, 7) is 1.88. The monoisotopic (exact) mass is 369 g/mol. The zero-order valence-corrected chi connectivity index (χ0v) is 15.1. The second-order valence-electron chi connectivity index (χ2n) is 6.90. The fourth-order valence-corrected chi connectivity index (χ4v) is 3.47. The van der Waals surface area contributed by atoms with Gasteiger partial charge in [-0.15, -0.1) is 0 Å². The molecular weight excluding hydrogens is 346 g/mol. The molecular formula is C19H23N5O3. The molecule has 0 saturated carbocycles. The van der Waals surface area contributed by atoms with Crippen molar-refractivity contribution in [3.05, 3.63) is 48.5 Å². The van der Waals surface area contributed by atoms with Gasteiger partial charge in [0.05, 0.1) is 19.0 Å². The SMILES string of the molecule is C[C@H](Cc1ccccc1)Nc1ncnc2c1ncn2[C@H]1C[C@H](O)[C@@H](CO)O1.